The summed E-state index contributed by atoms with van der Waals surface area (Å²) in [6.45, 7) is 0.337. The molecule has 0 saturated heterocycles. The van der Waals surface area contributed by atoms with Crippen LogP contribution in [0.2, 0.25) is 0 Å². The Labute approximate surface area is 186 Å². The minimum Gasteiger partial charge on any atom is -0.489 e. The number of ether oxygens (including phenoxy) is 3. The monoisotopic (exact) mass is 435 g/mol. The molecule has 0 amide bonds. The third-order valence-corrected chi connectivity index (χ3v) is 4.36. The Bertz CT molecular complexity index is 1000. The largest absolute Gasteiger partial charge is 0.489 e. The van der Waals surface area contributed by atoms with Crippen molar-refractivity contribution in [3.8, 4) is 11.5 Å². The van der Waals surface area contributed by atoms with E-state index >= 15 is 0 Å². The molecule has 0 aliphatic heterocycles. The topological polar surface area (TPSA) is 86.3 Å². The second-order valence-corrected chi connectivity index (χ2v) is 6.78. The molecule has 0 unspecified atom stereocenters. The van der Waals surface area contributed by atoms with Gasteiger partial charge in [0.2, 0.25) is 0 Å². The highest BCUT2D eigenvalue weighted by atomic mass is 16.6. The molecule has 0 spiro atoms. The maximum atomic E-state index is 10.5. The van der Waals surface area contributed by atoms with Crippen LogP contribution in [0, 0.1) is 0 Å². The summed E-state index contributed by atoms with van der Waals surface area (Å²) in [7, 11) is 1.55. The van der Waals surface area contributed by atoms with Crippen LogP contribution in [-0.2, 0) is 27.6 Å². The Morgan fingerprint density at radius 3 is 2.12 bits per heavy atom. The quantitative estimate of drug-likeness (QED) is 0.322. The van der Waals surface area contributed by atoms with Crippen LogP contribution in [0.4, 0.5) is 0 Å². The maximum absolute atomic E-state index is 10.5. The van der Waals surface area contributed by atoms with Gasteiger partial charge in [0.25, 0.3) is 0 Å². The van der Waals surface area contributed by atoms with Gasteiger partial charge >= 0.3 is 5.97 Å². The first kappa shape index (κ1) is 22.9. The molecule has 32 heavy (non-hydrogen) atoms. The third kappa shape index (κ3) is 7.46. The van der Waals surface area contributed by atoms with Gasteiger partial charge in [-0.15, -0.1) is 0 Å². The van der Waals surface area contributed by atoms with Gasteiger partial charge in [0, 0.05) is 5.56 Å². The summed E-state index contributed by atoms with van der Waals surface area (Å²) >= 11 is 0. The average Bonchev–Trinajstić information content (AvgIpc) is 2.82. The number of carboxylic acid groups (broad SMARTS) is 1. The van der Waals surface area contributed by atoms with E-state index in [1.807, 2.05) is 78.9 Å². The molecule has 0 aliphatic rings. The molecule has 0 fully saturated rings. The predicted octanol–water partition coefficient (Wildman–Crippen LogP) is 4.40. The second-order valence-electron chi connectivity index (χ2n) is 6.78. The molecule has 0 atom stereocenters. The van der Waals surface area contributed by atoms with E-state index in [2.05, 4.69) is 5.48 Å². The van der Waals surface area contributed by atoms with Crippen molar-refractivity contribution in [2.24, 2.45) is 0 Å². The Kier molecular flexibility index (Phi) is 8.68. The summed E-state index contributed by atoms with van der Waals surface area (Å²) in [5.74, 6) is 0.417. The first-order valence-corrected chi connectivity index (χ1v) is 9.95. The van der Waals surface area contributed by atoms with Crippen LogP contribution in [0.5, 0.6) is 11.5 Å². The highest BCUT2D eigenvalue weighted by Crippen LogP contribution is 2.18. The van der Waals surface area contributed by atoms with Gasteiger partial charge in [-0.3, -0.25) is 10.3 Å². The summed E-state index contributed by atoms with van der Waals surface area (Å²) in [4.78, 5) is 15.5. The Hall–Kier alpha value is -3.81. The van der Waals surface area contributed by atoms with Gasteiger partial charge < -0.3 is 19.3 Å². The zero-order valence-electron chi connectivity index (χ0n) is 17.7. The highest BCUT2D eigenvalue weighted by Gasteiger charge is 2.03. The molecule has 3 rings (SSSR count). The van der Waals surface area contributed by atoms with Gasteiger partial charge in [-0.25, -0.2) is 4.79 Å². The number of hydrogen-bond acceptors (Lipinski definition) is 6. The van der Waals surface area contributed by atoms with E-state index in [1.165, 1.54) is 0 Å². The Balaban J connectivity index is 1.50. The van der Waals surface area contributed by atoms with Crippen molar-refractivity contribution >= 4 is 11.7 Å². The molecule has 0 heterocycles. The maximum Gasteiger partial charge on any atom is 0.329 e. The van der Waals surface area contributed by atoms with Crippen LogP contribution in [0.15, 0.2) is 85.1 Å². The molecule has 0 radical (unpaired) electrons. The molecule has 7 heteroatoms. The summed E-state index contributed by atoms with van der Waals surface area (Å²) in [5.41, 5.74) is 6.34. The fourth-order valence-electron chi connectivity index (χ4n) is 2.77. The van der Waals surface area contributed by atoms with Crippen LogP contribution >= 0.6 is 0 Å². The van der Waals surface area contributed by atoms with Gasteiger partial charge in [0.15, 0.2) is 0 Å². The minimum absolute atomic E-state index is 0.244. The fraction of sp³-hybridized carbons (Fsp3) is 0.160. The lowest BCUT2D eigenvalue weighted by Gasteiger charge is -2.10. The summed E-state index contributed by atoms with van der Waals surface area (Å²) in [6, 6.07) is 24.7. The molecule has 3 aromatic carbocycles. The number of rotatable bonds is 12. The van der Waals surface area contributed by atoms with Gasteiger partial charge in [-0.05, 0) is 35.4 Å². The minimum atomic E-state index is -0.985. The van der Waals surface area contributed by atoms with E-state index in [0.717, 1.165) is 16.7 Å². The number of hydrogen-bond donors (Lipinski definition) is 2. The molecule has 166 valence electrons. The van der Waals surface area contributed by atoms with Crippen LogP contribution in [0.3, 0.4) is 0 Å². The van der Waals surface area contributed by atoms with Gasteiger partial charge in [0.05, 0.1) is 13.7 Å². The summed E-state index contributed by atoms with van der Waals surface area (Å²) < 4.78 is 16.6. The number of nitrogens with one attached hydrogen (secondary N) is 1. The molecule has 3 aromatic rings. The van der Waals surface area contributed by atoms with Crippen molar-refractivity contribution in [2.75, 3.05) is 13.7 Å². The molecule has 0 bridgehead atoms. The van der Waals surface area contributed by atoms with Crippen molar-refractivity contribution in [3.63, 3.8) is 0 Å². The standard InChI is InChI=1S/C25H25NO6/c1-29-26-24(21-5-3-2-4-6-21)17-32-23-13-9-20(10-14-23)16-31-22-11-7-19(8-12-22)15-30-18-25(27)28/h2-14,17,26H,15-16,18H2,1H3,(H,27,28). The van der Waals surface area contributed by atoms with Crippen molar-refractivity contribution in [1.82, 2.24) is 5.48 Å². The lowest BCUT2D eigenvalue weighted by Crippen LogP contribution is -2.11. The summed E-state index contributed by atoms with van der Waals surface area (Å²) in [6.07, 6.45) is 1.60. The highest BCUT2D eigenvalue weighted by molar-refractivity contribution is 5.68. The van der Waals surface area contributed by atoms with Gasteiger partial charge in [-0.1, -0.05) is 54.6 Å². The molecular formula is C25H25NO6. The van der Waals surface area contributed by atoms with Crippen molar-refractivity contribution < 1.29 is 28.9 Å². The smallest absolute Gasteiger partial charge is 0.329 e. The lowest BCUT2D eigenvalue weighted by atomic mass is 10.2. The van der Waals surface area contributed by atoms with E-state index in [9.17, 15) is 4.79 Å². The molecule has 7 nitrogen and oxygen atoms in total. The average molecular weight is 435 g/mol. The molecule has 0 aliphatic carbocycles. The van der Waals surface area contributed by atoms with Crippen LogP contribution in [0.1, 0.15) is 16.7 Å². The molecule has 0 saturated carbocycles. The number of carbonyl (C=O) groups is 1. The normalized spacial score (nSPS) is 11.1. The first-order chi connectivity index (χ1) is 15.6. The van der Waals surface area contributed by atoms with Crippen molar-refractivity contribution in [2.45, 2.75) is 13.2 Å². The number of benzene rings is 3. The van der Waals surface area contributed by atoms with E-state index in [1.54, 1.807) is 13.4 Å². The van der Waals surface area contributed by atoms with E-state index in [-0.39, 0.29) is 13.2 Å². The zero-order valence-corrected chi connectivity index (χ0v) is 17.7. The molecular weight excluding hydrogens is 410 g/mol. The number of carboxylic acids is 1. The number of hydroxylamine groups is 1. The third-order valence-electron chi connectivity index (χ3n) is 4.36. The lowest BCUT2D eigenvalue weighted by molar-refractivity contribution is -0.142. The zero-order chi connectivity index (χ0) is 22.6. The fourth-order valence-corrected chi connectivity index (χ4v) is 2.77. The van der Waals surface area contributed by atoms with Crippen LogP contribution in [-0.4, -0.2) is 24.8 Å². The van der Waals surface area contributed by atoms with Crippen molar-refractivity contribution in [3.05, 3.63) is 102 Å². The summed E-state index contributed by atoms with van der Waals surface area (Å²) in [5, 5.41) is 8.59. The Morgan fingerprint density at radius 1 is 0.875 bits per heavy atom. The van der Waals surface area contributed by atoms with Crippen LogP contribution < -0.4 is 15.0 Å². The second kappa shape index (κ2) is 12.1. The van der Waals surface area contributed by atoms with Gasteiger partial charge in [-0.2, -0.15) is 0 Å². The van der Waals surface area contributed by atoms with Crippen molar-refractivity contribution in [1.29, 1.82) is 0 Å². The van der Waals surface area contributed by atoms with E-state index in [0.29, 0.717) is 23.8 Å². The SMILES string of the molecule is CONC(=COc1ccc(COc2ccc(COCC(=O)O)cc2)cc1)c1ccccc1. The first-order valence-electron chi connectivity index (χ1n) is 9.95. The van der Waals surface area contributed by atoms with Crippen LogP contribution in [0.25, 0.3) is 5.70 Å². The molecule has 0 aromatic heterocycles. The molecule has 2 N–H and O–H groups in total. The van der Waals surface area contributed by atoms with E-state index in [4.69, 9.17) is 24.2 Å². The van der Waals surface area contributed by atoms with Gasteiger partial charge in [0.1, 0.15) is 36.7 Å². The van der Waals surface area contributed by atoms with E-state index < -0.39 is 5.97 Å². The predicted molar refractivity (Wildman–Crippen MR) is 120 cm³/mol. The number of aliphatic carboxylic acids is 1. The Morgan fingerprint density at radius 2 is 1.50 bits per heavy atom.